The molecule has 0 spiro atoms. The molecule has 2 nitrogen and oxygen atoms in total. The second kappa shape index (κ2) is 5.65. The fourth-order valence-corrected chi connectivity index (χ4v) is 1.13. The summed E-state index contributed by atoms with van der Waals surface area (Å²) in [4.78, 5) is 1.70. The van der Waals surface area contributed by atoms with Gasteiger partial charge in [-0.15, -0.1) is 0 Å². The van der Waals surface area contributed by atoms with Gasteiger partial charge in [-0.2, -0.15) is 0 Å². The standard InChI is InChI=1S/C10H11BrO2/c1-12-10(7-11)8-13-9-5-3-2-4-6-9/h2-7H,8H2,1H3/b10-7-. The minimum atomic E-state index is 0.436. The first-order valence-electron chi connectivity index (χ1n) is 3.88. The van der Waals surface area contributed by atoms with Crippen molar-refractivity contribution in [3.63, 3.8) is 0 Å². The number of rotatable bonds is 4. The van der Waals surface area contributed by atoms with E-state index in [4.69, 9.17) is 9.47 Å². The van der Waals surface area contributed by atoms with Gasteiger partial charge < -0.3 is 9.47 Å². The largest absolute Gasteiger partial charge is 0.497 e. The van der Waals surface area contributed by atoms with Crippen molar-refractivity contribution < 1.29 is 9.47 Å². The van der Waals surface area contributed by atoms with Gasteiger partial charge in [-0.1, -0.05) is 34.1 Å². The van der Waals surface area contributed by atoms with E-state index in [-0.39, 0.29) is 0 Å². The van der Waals surface area contributed by atoms with Crippen LogP contribution < -0.4 is 4.74 Å². The lowest BCUT2D eigenvalue weighted by molar-refractivity contribution is 0.220. The fraction of sp³-hybridized carbons (Fsp3) is 0.200. The molecule has 0 radical (unpaired) electrons. The van der Waals surface area contributed by atoms with E-state index in [1.54, 1.807) is 12.1 Å². The molecule has 0 saturated heterocycles. The molecule has 0 bridgehead atoms. The second-order valence-corrected chi connectivity index (χ2v) is 2.84. The van der Waals surface area contributed by atoms with E-state index in [1.807, 2.05) is 30.3 Å². The van der Waals surface area contributed by atoms with Crippen LogP contribution in [0.25, 0.3) is 0 Å². The molecule has 1 aromatic carbocycles. The van der Waals surface area contributed by atoms with Gasteiger partial charge in [0.25, 0.3) is 0 Å². The van der Waals surface area contributed by atoms with Crippen LogP contribution in [0.15, 0.2) is 41.1 Å². The summed E-state index contributed by atoms with van der Waals surface area (Å²) in [5.74, 6) is 1.59. The Bertz CT molecular complexity index is 270. The lowest BCUT2D eigenvalue weighted by Crippen LogP contribution is -2.01. The van der Waals surface area contributed by atoms with Crippen molar-refractivity contribution in [1.82, 2.24) is 0 Å². The third-order valence-corrected chi connectivity index (χ3v) is 2.02. The normalized spacial score (nSPS) is 11.1. The number of halogens is 1. The van der Waals surface area contributed by atoms with Gasteiger partial charge in [0.05, 0.1) is 7.11 Å². The molecule has 0 unspecified atom stereocenters. The van der Waals surface area contributed by atoms with E-state index in [0.29, 0.717) is 6.61 Å². The van der Waals surface area contributed by atoms with Crippen LogP contribution in [0.2, 0.25) is 0 Å². The summed E-state index contributed by atoms with van der Waals surface area (Å²) < 4.78 is 10.4. The van der Waals surface area contributed by atoms with E-state index in [1.165, 1.54) is 0 Å². The van der Waals surface area contributed by atoms with Gasteiger partial charge in [0.1, 0.15) is 18.1 Å². The molecule has 0 aromatic heterocycles. The van der Waals surface area contributed by atoms with Crippen LogP contribution in [0.1, 0.15) is 0 Å². The molecule has 13 heavy (non-hydrogen) atoms. The van der Waals surface area contributed by atoms with Crippen molar-refractivity contribution in [1.29, 1.82) is 0 Å². The summed E-state index contributed by atoms with van der Waals surface area (Å²) >= 11 is 3.18. The van der Waals surface area contributed by atoms with Gasteiger partial charge in [-0.25, -0.2) is 0 Å². The van der Waals surface area contributed by atoms with Crippen molar-refractivity contribution >= 4 is 15.9 Å². The Hall–Kier alpha value is -0.960. The van der Waals surface area contributed by atoms with Crippen molar-refractivity contribution in [3.8, 4) is 5.75 Å². The molecular weight excluding hydrogens is 232 g/mol. The summed E-state index contributed by atoms with van der Waals surface area (Å²) in [5.41, 5.74) is 0. The zero-order chi connectivity index (χ0) is 9.52. The van der Waals surface area contributed by atoms with Crippen molar-refractivity contribution in [2.24, 2.45) is 0 Å². The number of methoxy groups -OCH3 is 1. The number of benzene rings is 1. The first-order chi connectivity index (χ1) is 6.36. The average molecular weight is 243 g/mol. The van der Waals surface area contributed by atoms with E-state index < -0.39 is 0 Å². The van der Waals surface area contributed by atoms with Gasteiger partial charge in [0.15, 0.2) is 0 Å². The van der Waals surface area contributed by atoms with E-state index >= 15 is 0 Å². The highest BCUT2D eigenvalue weighted by Gasteiger charge is 1.96. The molecule has 0 aliphatic heterocycles. The summed E-state index contributed by atoms with van der Waals surface area (Å²) in [6.45, 7) is 0.436. The van der Waals surface area contributed by atoms with Gasteiger partial charge in [-0.3, -0.25) is 0 Å². The summed E-state index contributed by atoms with van der Waals surface area (Å²) in [6.07, 6.45) is 0. The summed E-state index contributed by atoms with van der Waals surface area (Å²) in [7, 11) is 1.61. The number of hydrogen-bond acceptors (Lipinski definition) is 2. The molecule has 0 N–H and O–H groups in total. The first kappa shape index (κ1) is 10.1. The second-order valence-electron chi connectivity index (χ2n) is 2.38. The zero-order valence-corrected chi connectivity index (χ0v) is 8.95. The first-order valence-corrected chi connectivity index (χ1v) is 4.79. The zero-order valence-electron chi connectivity index (χ0n) is 7.37. The van der Waals surface area contributed by atoms with Gasteiger partial charge >= 0.3 is 0 Å². The number of para-hydroxylation sites is 1. The molecule has 0 heterocycles. The topological polar surface area (TPSA) is 18.5 Å². The van der Waals surface area contributed by atoms with Crippen LogP contribution in [0.5, 0.6) is 5.75 Å². The van der Waals surface area contributed by atoms with Gasteiger partial charge in [0.2, 0.25) is 0 Å². The van der Waals surface area contributed by atoms with Crippen LogP contribution in [0, 0.1) is 0 Å². The minimum absolute atomic E-state index is 0.436. The molecule has 70 valence electrons. The molecule has 3 heteroatoms. The van der Waals surface area contributed by atoms with Crippen molar-refractivity contribution in [2.45, 2.75) is 0 Å². The molecule has 0 fully saturated rings. The third kappa shape index (κ3) is 3.51. The fourth-order valence-electron chi connectivity index (χ4n) is 0.806. The maximum atomic E-state index is 5.43. The van der Waals surface area contributed by atoms with Gasteiger partial charge in [-0.05, 0) is 12.1 Å². The Kier molecular flexibility index (Phi) is 4.40. The monoisotopic (exact) mass is 242 g/mol. The van der Waals surface area contributed by atoms with E-state index in [9.17, 15) is 0 Å². The van der Waals surface area contributed by atoms with Crippen LogP contribution in [-0.4, -0.2) is 13.7 Å². The predicted molar refractivity (Wildman–Crippen MR) is 56.0 cm³/mol. The highest BCUT2D eigenvalue weighted by molar-refractivity contribution is 9.11. The highest BCUT2D eigenvalue weighted by atomic mass is 79.9. The molecule has 0 saturated carbocycles. The SMILES string of the molecule is CO/C(=C\Br)COc1ccccc1. The van der Waals surface area contributed by atoms with Crippen LogP contribution >= 0.6 is 15.9 Å². The third-order valence-electron chi connectivity index (χ3n) is 1.51. The molecule has 0 atom stereocenters. The molecule has 1 aromatic rings. The van der Waals surface area contributed by atoms with Crippen molar-refractivity contribution in [2.75, 3.05) is 13.7 Å². The lowest BCUT2D eigenvalue weighted by Gasteiger charge is -2.07. The molecule has 0 aliphatic rings. The molecule has 0 amide bonds. The summed E-state index contributed by atoms with van der Waals surface area (Å²) in [6, 6.07) is 9.62. The van der Waals surface area contributed by atoms with E-state index in [0.717, 1.165) is 11.5 Å². The average Bonchev–Trinajstić information content (AvgIpc) is 2.21. The Morgan fingerprint density at radius 1 is 1.38 bits per heavy atom. The Balaban J connectivity index is 2.43. The van der Waals surface area contributed by atoms with Crippen LogP contribution in [-0.2, 0) is 4.74 Å². The van der Waals surface area contributed by atoms with Gasteiger partial charge in [0, 0.05) is 4.99 Å². The predicted octanol–water partition coefficient (Wildman–Crippen LogP) is 2.95. The minimum Gasteiger partial charge on any atom is -0.497 e. The smallest absolute Gasteiger partial charge is 0.146 e. The quantitative estimate of drug-likeness (QED) is 0.757. The molecule has 0 aliphatic carbocycles. The summed E-state index contributed by atoms with van der Waals surface area (Å²) in [5, 5.41) is 0. The van der Waals surface area contributed by atoms with Crippen molar-refractivity contribution in [3.05, 3.63) is 41.1 Å². The highest BCUT2D eigenvalue weighted by Crippen LogP contribution is 2.10. The van der Waals surface area contributed by atoms with E-state index in [2.05, 4.69) is 15.9 Å². The number of hydrogen-bond donors (Lipinski definition) is 0. The maximum Gasteiger partial charge on any atom is 0.146 e. The molecule has 1 rings (SSSR count). The lowest BCUT2D eigenvalue weighted by atomic mass is 10.3. The molecular formula is C10H11BrO2. The van der Waals surface area contributed by atoms with Crippen LogP contribution in [0.4, 0.5) is 0 Å². The number of ether oxygens (including phenoxy) is 2. The van der Waals surface area contributed by atoms with Crippen LogP contribution in [0.3, 0.4) is 0 Å². The maximum absolute atomic E-state index is 5.43. The Labute approximate surface area is 86.3 Å². The Morgan fingerprint density at radius 3 is 2.62 bits per heavy atom. The Morgan fingerprint density at radius 2 is 2.08 bits per heavy atom.